The fourth-order valence-electron chi connectivity index (χ4n) is 2.65. The smallest absolute Gasteiger partial charge is 0.416 e. The number of carbonyl (C=O) groups excluding carboxylic acids is 1. The Morgan fingerprint density at radius 2 is 2.20 bits per heavy atom. The first-order chi connectivity index (χ1) is 11.9. The predicted molar refractivity (Wildman–Crippen MR) is 87.9 cm³/mol. The van der Waals surface area contributed by atoms with Gasteiger partial charge in [0.25, 0.3) is 0 Å². The number of halogens is 3. The molecule has 1 saturated heterocycles. The van der Waals surface area contributed by atoms with Crippen molar-refractivity contribution in [1.82, 2.24) is 10.2 Å². The first-order valence-corrected chi connectivity index (χ1v) is 8.08. The molecule has 0 unspecified atom stereocenters. The maximum Gasteiger partial charge on any atom is 0.416 e. The number of benzene rings is 1. The van der Waals surface area contributed by atoms with Crippen LogP contribution in [0, 0.1) is 17.8 Å². The van der Waals surface area contributed by atoms with Gasteiger partial charge in [0.2, 0.25) is 5.91 Å². The first kappa shape index (κ1) is 19.1. The molecule has 0 saturated carbocycles. The van der Waals surface area contributed by atoms with Gasteiger partial charge in [0.15, 0.2) is 0 Å². The molecule has 0 aromatic heterocycles. The summed E-state index contributed by atoms with van der Waals surface area (Å²) in [6, 6.07) is 4.64. The highest BCUT2D eigenvalue weighted by Crippen LogP contribution is 2.31. The van der Waals surface area contributed by atoms with Crippen LogP contribution in [0.25, 0.3) is 0 Å². The van der Waals surface area contributed by atoms with Crippen molar-refractivity contribution in [2.75, 3.05) is 33.3 Å². The van der Waals surface area contributed by atoms with E-state index in [1.807, 2.05) is 7.05 Å². The summed E-state index contributed by atoms with van der Waals surface area (Å²) in [4.78, 5) is 14.1. The van der Waals surface area contributed by atoms with Gasteiger partial charge in [-0.05, 0) is 44.6 Å². The second-order valence-corrected chi connectivity index (χ2v) is 5.99. The van der Waals surface area contributed by atoms with Crippen LogP contribution in [0.15, 0.2) is 24.3 Å². The van der Waals surface area contributed by atoms with Crippen molar-refractivity contribution in [1.29, 1.82) is 0 Å². The topological polar surface area (TPSA) is 41.6 Å². The van der Waals surface area contributed by atoms with E-state index in [1.165, 1.54) is 12.1 Å². The number of piperidine rings is 1. The summed E-state index contributed by atoms with van der Waals surface area (Å²) in [6.07, 6.45) is -2.52. The van der Waals surface area contributed by atoms with E-state index >= 15 is 0 Å². The molecule has 1 aromatic rings. The molecule has 2 rings (SSSR count). The van der Waals surface area contributed by atoms with Gasteiger partial charge in [-0.25, -0.2) is 0 Å². The van der Waals surface area contributed by atoms with E-state index in [0.717, 1.165) is 38.1 Å². The lowest BCUT2D eigenvalue weighted by Crippen LogP contribution is -2.41. The molecule has 1 aliphatic rings. The highest BCUT2D eigenvalue weighted by molar-refractivity contribution is 5.79. The van der Waals surface area contributed by atoms with Crippen LogP contribution in [-0.2, 0) is 11.0 Å². The molecule has 4 nitrogen and oxygen atoms in total. The van der Waals surface area contributed by atoms with Gasteiger partial charge in [0.05, 0.1) is 18.0 Å². The molecule has 1 heterocycles. The monoisotopic (exact) mass is 354 g/mol. The van der Waals surface area contributed by atoms with Gasteiger partial charge in [-0.15, -0.1) is 0 Å². The molecule has 1 aromatic carbocycles. The number of likely N-dealkylation sites (tertiary alicyclic amines) is 1. The lowest BCUT2D eigenvalue weighted by atomic mass is 9.98. The number of nitrogens with zero attached hydrogens (tertiary/aromatic N) is 1. The summed E-state index contributed by atoms with van der Waals surface area (Å²) in [5.41, 5.74) is -0.761. The molecule has 7 heteroatoms. The molecule has 0 spiro atoms. The Bertz CT molecular complexity index is 650. The minimum absolute atomic E-state index is 0.0121. The van der Waals surface area contributed by atoms with E-state index in [1.54, 1.807) is 0 Å². The number of alkyl halides is 3. The Labute approximate surface area is 145 Å². The number of carbonyl (C=O) groups is 1. The average Bonchev–Trinajstić information content (AvgIpc) is 2.57. The second kappa shape index (κ2) is 8.77. The Balaban J connectivity index is 1.72. The third-order valence-corrected chi connectivity index (χ3v) is 3.94. The highest BCUT2D eigenvalue weighted by atomic mass is 19.4. The average molecular weight is 354 g/mol. The molecular formula is C18H21F3N2O2. The Kier molecular flexibility index (Phi) is 6.71. The Hall–Kier alpha value is -2.20. The van der Waals surface area contributed by atoms with Crippen LogP contribution < -0.4 is 10.1 Å². The van der Waals surface area contributed by atoms with Crippen molar-refractivity contribution in [3.05, 3.63) is 29.8 Å². The normalized spacial score (nSPS) is 18.2. The van der Waals surface area contributed by atoms with Gasteiger partial charge >= 0.3 is 6.18 Å². The van der Waals surface area contributed by atoms with Crippen LogP contribution in [0.2, 0.25) is 0 Å². The van der Waals surface area contributed by atoms with Crippen molar-refractivity contribution in [3.63, 3.8) is 0 Å². The van der Waals surface area contributed by atoms with Gasteiger partial charge in [0.1, 0.15) is 12.4 Å². The summed E-state index contributed by atoms with van der Waals surface area (Å²) < 4.78 is 42.9. The molecule has 25 heavy (non-hydrogen) atoms. The molecule has 136 valence electrons. The summed E-state index contributed by atoms with van der Waals surface area (Å²) in [6.45, 7) is 1.92. The highest BCUT2D eigenvalue weighted by Gasteiger charge is 2.30. The fraction of sp³-hybridized carbons (Fsp3) is 0.500. The number of amides is 1. The summed E-state index contributed by atoms with van der Waals surface area (Å²) in [5, 5.41) is 2.76. The summed E-state index contributed by atoms with van der Waals surface area (Å²) in [7, 11) is 1.99. The maximum absolute atomic E-state index is 12.6. The van der Waals surface area contributed by atoms with Gasteiger partial charge < -0.3 is 15.0 Å². The van der Waals surface area contributed by atoms with Gasteiger partial charge in [-0.1, -0.05) is 17.9 Å². The number of ether oxygens (including phenoxy) is 1. The van der Waals surface area contributed by atoms with E-state index in [9.17, 15) is 18.0 Å². The lowest BCUT2D eigenvalue weighted by molar-refractivity contribution is -0.137. The van der Waals surface area contributed by atoms with Crippen molar-refractivity contribution >= 4 is 5.91 Å². The van der Waals surface area contributed by atoms with E-state index in [0.29, 0.717) is 0 Å². The SMILES string of the molecule is CN1CCC[C@@H](C(=O)NCC#CCOc2cccc(C(F)(F)F)c2)C1. The summed E-state index contributed by atoms with van der Waals surface area (Å²) in [5.74, 6) is 5.50. The van der Waals surface area contributed by atoms with E-state index in [4.69, 9.17) is 4.74 Å². The van der Waals surface area contributed by atoms with Crippen LogP contribution >= 0.6 is 0 Å². The zero-order valence-electron chi connectivity index (χ0n) is 14.0. The molecular weight excluding hydrogens is 333 g/mol. The van der Waals surface area contributed by atoms with Crippen LogP contribution in [0.4, 0.5) is 13.2 Å². The van der Waals surface area contributed by atoms with E-state index < -0.39 is 11.7 Å². The third kappa shape index (κ3) is 6.31. The zero-order chi connectivity index (χ0) is 18.3. The van der Waals surface area contributed by atoms with Crippen LogP contribution in [-0.4, -0.2) is 44.1 Å². The zero-order valence-corrected chi connectivity index (χ0v) is 14.0. The lowest BCUT2D eigenvalue weighted by Gasteiger charge is -2.28. The van der Waals surface area contributed by atoms with E-state index in [-0.39, 0.29) is 30.7 Å². The van der Waals surface area contributed by atoms with E-state index in [2.05, 4.69) is 22.1 Å². The Morgan fingerprint density at radius 3 is 2.92 bits per heavy atom. The molecule has 0 bridgehead atoms. The fourth-order valence-corrected chi connectivity index (χ4v) is 2.65. The van der Waals surface area contributed by atoms with Gasteiger partial charge in [-0.2, -0.15) is 13.2 Å². The molecule has 1 fully saturated rings. The van der Waals surface area contributed by atoms with Crippen molar-refractivity contribution in [2.24, 2.45) is 5.92 Å². The molecule has 1 amide bonds. The van der Waals surface area contributed by atoms with Crippen LogP contribution in [0.3, 0.4) is 0 Å². The number of rotatable bonds is 4. The van der Waals surface area contributed by atoms with Crippen molar-refractivity contribution < 1.29 is 22.7 Å². The van der Waals surface area contributed by atoms with Crippen molar-refractivity contribution in [3.8, 4) is 17.6 Å². The van der Waals surface area contributed by atoms with Gasteiger partial charge in [0, 0.05) is 6.54 Å². The predicted octanol–water partition coefficient (Wildman–Crippen LogP) is 2.55. The molecule has 1 aliphatic heterocycles. The quantitative estimate of drug-likeness (QED) is 0.845. The third-order valence-electron chi connectivity index (χ3n) is 3.94. The minimum atomic E-state index is -4.40. The summed E-state index contributed by atoms with van der Waals surface area (Å²) >= 11 is 0. The van der Waals surface area contributed by atoms with Gasteiger partial charge in [-0.3, -0.25) is 4.79 Å². The number of hydrogen-bond donors (Lipinski definition) is 1. The first-order valence-electron chi connectivity index (χ1n) is 8.08. The van der Waals surface area contributed by atoms with Crippen LogP contribution in [0.1, 0.15) is 18.4 Å². The molecule has 1 N–H and O–H groups in total. The largest absolute Gasteiger partial charge is 0.481 e. The standard InChI is InChI=1S/C18H21F3N2O2/c1-23-10-5-6-14(13-23)17(24)22-9-2-3-11-25-16-8-4-7-15(12-16)18(19,20)21/h4,7-8,12,14H,5-6,9-11,13H2,1H3,(H,22,24)/t14-/m1/s1. The molecule has 0 radical (unpaired) electrons. The Morgan fingerprint density at radius 1 is 1.40 bits per heavy atom. The molecule has 0 aliphatic carbocycles. The number of nitrogens with one attached hydrogen (secondary N) is 1. The van der Waals surface area contributed by atoms with Crippen molar-refractivity contribution in [2.45, 2.75) is 19.0 Å². The second-order valence-electron chi connectivity index (χ2n) is 5.99. The van der Waals surface area contributed by atoms with Crippen LogP contribution in [0.5, 0.6) is 5.75 Å². The maximum atomic E-state index is 12.6. The number of hydrogen-bond acceptors (Lipinski definition) is 3. The molecule has 1 atom stereocenters. The minimum Gasteiger partial charge on any atom is -0.481 e.